The molecule has 2 atom stereocenters. The molecule has 1 saturated heterocycles. The van der Waals surface area contributed by atoms with Crippen molar-refractivity contribution in [3.05, 3.63) is 47.4 Å². The van der Waals surface area contributed by atoms with Gasteiger partial charge >= 0.3 is 0 Å². The van der Waals surface area contributed by atoms with Crippen LogP contribution >= 0.6 is 0 Å². The second-order valence-electron chi connectivity index (χ2n) is 12.0. The lowest BCUT2D eigenvalue weighted by molar-refractivity contribution is 0.228. The molecule has 2 unspecified atom stereocenters. The van der Waals surface area contributed by atoms with Crippen LogP contribution in [0.15, 0.2) is 30.5 Å². The lowest BCUT2D eigenvalue weighted by atomic mass is 9.94. The van der Waals surface area contributed by atoms with Crippen molar-refractivity contribution < 1.29 is 0 Å². The first-order chi connectivity index (χ1) is 18.1. The highest BCUT2D eigenvalue weighted by atomic mass is 15.3. The molecule has 0 radical (unpaired) electrons. The van der Waals surface area contributed by atoms with Gasteiger partial charge in [-0.15, -0.1) is 0 Å². The number of hydrogen-bond donors (Lipinski definition) is 0. The molecule has 2 aromatic rings. The molecule has 0 bridgehead atoms. The number of anilines is 2. The number of benzene rings is 1. The minimum absolute atomic E-state index is 0.134. The quantitative estimate of drug-likeness (QED) is 0.485. The van der Waals surface area contributed by atoms with Gasteiger partial charge in [-0.1, -0.05) is 53.7 Å². The standard InChI is InChI=1S/C29H43N7.C2H6/c1-22-25-19-31-27(18-30)32-28(25)36(21-29(2,3)4)26(22)20-34-14-16-35(17-15-34)24-11-9-23(10-12-24)8-7-13-33(5)6;1-2/h9-12,19,22,26H,7-8,13-17,20-21H2,1-6H3;1-2H3. The van der Waals surface area contributed by atoms with Crippen LogP contribution in [-0.4, -0.2) is 85.7 Å². The van der Waals surface area contributed by atoms with Gasteiger partial charge in [0.25, 0.3) is 0 Å². The van der Waals surface area contributed by atoms with E-state index in [4.69, 9.17) is 0 Å². The van der Waals surface area contributed by atoms with Crippen molar-refractivity contribution in [2.24, 2.45) is 5.41 Å². The largest absolute Gasteiger partial charge is 0.369 e. The third-order valence-corrected chi connectivity index (χ3v) is 7.47. The molecule has 0 spiro atoms. The molecule has 0 saturated carbocycles. The Bertz CT molecular complexity index is 1040. The summed E-state index contributed by atoms with van der Waals surface area (Å²) in [6, 6.07) is 11.7. The molecule has 0 N–H and O–H groups in total. The molecular weight excluding hydrogens is 470 g/mol. The van der Waals surface area contributed by atoms with E-state index in [1.807, 2.05) is 20.0 Å². The Morgan fingerprint density at radius 2 is 1.71 bits per heavy atom. The zero-order valence-corrected chi connectivity index (χ0v) is 25.0. The zero-order chi connectivity index (χ0) is 27.9. The van der Waals surface area contributed by atoms with E-state index in [1.54, 1.807) is 0 Å². The van der Waals surface area contributed by atoms with Gasteiger partial charge in [0, 0.05) is 68.7 Å². The summed E-state index contributed by atoms with van der Waals surface area (Å²) in [7, 11) is 4.27. The molecule has 0 amide bonds. The van der Waals surface area contributed by atoms with Gasteiger partial charge in [0.2, 0.25) is 5.82 Å². The van der Waals surface area contributed by atoms with Crippen molar-refractivity contribution in [3.63, 3.8) is 0 Å². The number of nitrogens with zero attached hydrogens (tertiary/aromatic N) is 7. The molecule has 0 aliphatic carbocycles. The van der Waals surface area contributed by atoms with Crippen molar-refractivity contribution in [1.82, 2.24) is 19.8 Å². The van der Waals surface area contributed by atoms with Crippen molar-refractivity contribution >= 4 is 11.5 Å². The number of hydrogen-bond acceptors (Lipinski definition) is 7. The summed E-state index contributed by atoms with van der Waals surface area (Å²) >= 11 is 0. The molecule has 1 fully saturated rings. The molecule has 208 valence electrons. The van der Waals surface area contributed by atoms with Crippen LogP contribution in [0.1, 0.15) is 70.8 Å². The summed E-state index contributed by atoms with van der Waals surface area (Å²) in [5, 5.41) is 9.36. The van der Waals surface area contributed by atoms with E-state index in [2.05, 4.69) is 102 Å². The number of rotatable bonds is 8. The average Bonchev–Trinajstić information content (AvgIpc) is 3.14. The molecule has 1 aromatic heterocycles. The Hall–Kier alpha value is -2.69. The normalized spacial score (nSPS) is 19.7. The first-order valence-corrected chi connectivity index (χ1v) is 14.4. The fourth-order valence-electron chi connectivity index (χ4n) is 5.51. The summed E-state index contributed by atoms with van der Waals surface area (Å²) in [4.78, 5) is 18.7. The second-order valence-corrected chi connectivity index (χ2v) is 12.0. The van der Waals surface area contributed by atoms with Crippen LogP contribution in [0, 0.1) is 16.7 Å². The van der Waals surface area contributed by atoms with E-state index in [9.17, 15) is 5.26 Å². The van der Waals surface area contributed by atoms with Crippen LogP contribution in [0.3, 0.4) is 0 Å². The Morgan fingerprint density at radius 3 is 2.29 bits per heavy atom. The van der Waals surface area contributed by atoms with Crippen molar-refractivity contribution in [2.45, 2.75) is 66.3 Å². The number of aromatic nitrogens is 2. The maximum atomic E-state index is 9.36. The third kappa shape index (κ3) is 7.68. The van der Waals surface area contributed by atoms with Gasteiger partial charge in [-0.05, 0) is 56.6 Å². The van der Waals surface area contributed by atoms with E-state index in [0.717, 1.165) is 58.1 Å². The average molecular weight is 520 g/mol. The Kier molecular flexibility index (Phi) is 10.5. The maximum Gasteiger partial charge on any atom is 0.234 e. The van der Waals surface area contributed by atoms with E-state index >= 15 is 0 Å². The third-order valence-electron chi connectivity index (χ3n) is 7.47. The van der Waals surface area contributed by atoms with Gasteiger partial charge in [0.15, 0.2) is 0 Å². The lowest BCUT2D eigenvalue weighted by Gasteiger charge is -2.41. The van der Waals surface area contributed by atoms with E-state index in [0.29, 0.717) is 12.0 Å². The van der Waals surface area contributed by atoms with Gasteiger partial charge in [-0.25, -0.2) is 9.97 Å². The van der Waals surface area contributed by atoms with Gasteiger partial charge in [0.05, 0.1) is 0 Å². The first kappa shape index (κ1) is 29.9. The van der Waals surface area contributed by atoms with Crippen LogP contribution in [0.5, 0.6) is 0 Å². The predicted molar refractivity (Wildman–Crippen MR) is 159 cm³/mol. The summed E-state index contributed by atoms with van der Waals surface area (Å²) < 4.78 is 0. The summed E-state index contributed by atoms with van der Waals surface area (Å²) in [5.74, 6) is 1.56. The zero-order valence-electron chi connectivity index (χ0n) is 25.0. The molecule has 2 aliphatic heterocycles. The van der Waals surface area contributed by atoms with E-state index in [1.165, 1.54) is 23.2 Å². The van der Waals surface area contributed by atoms with Gasteiger partial charge < -0.3 is 14.7 Å². The van der Waals surface area contributed by atoms with Crippen LogP contribution in [0.2, 0.25) is 0 Å². The second kappa shape index (κ2) is 13.4. The van der Waals surface area contributed by atoms with E-state index in [-0.39, 0.29) is 11.2 Å². The van der Waals surface area contributed by atoms with Gasteiger partial charge in [-0.2, -0.15) is 5.26 Å². The minimum atomic E-state index is 0.134. The molecule has 38 heavy (non-hydrogen) atoms. The van der Waals surface area contributed by atoms with Crippen molar-refractivity contribution in [1.29, 1.82) is 5.26 Å². The van der Waals surface area contributed by atoms with E-state index < -0.39 is 0 Å². The van der Waals surface area contributed by atoms with Gasteiger partial charge in [-0.3, -0.25) is 4.90 Å². The van der Waals surface area contributed by atoms with Crippen LogP contribution < -0.4 is 9.80 Å². The Morgan fingerprint density at radius 1 is 1.05 bits per heavy atom. The molecule has 3 heterocycles. The fraction of sp³-hybridized carbons (Fsp3) is 0.645. The fourth-order valence-corrected chi connectivity index (χ4v) is 5.51. The van der Waals surface area contributed by atoms with Gasteiger partial charge in [0.1, 0.15) is 11.9 Å². The van der Waals surface area contributed by atoms with Crippen LogP contribution in [0.25, 0.3) is 0 Å². The number of fused-ring (bicyclic) bond motifs is 1. The number of nitriles is 1. The highest BCUT2D eigenvalue weighted by molar-refractivity contribution is 5.57. The Balaban J connectivity index is 0.00000195. The monoisotopic (exact) mass is 519 g/mol. The maximum absolute atomic E-state index is 9.36. The number of piperazine rings is 1. The SMILES string of the molecule is CC.CC1c2cnc(C#N)nc2N(CC(C)(C)C)C1CN1CCN(c2ccc(CCCN(C)C)cc2)CC1. The number of aryl methyl sites for hydroxylation is 1. The molecule has 2 aliphatic rings. The predicted octanol–water partition coefficient (Wildman–Crippen LogP) is 5.03. The molecular formula is C31H49N7. The van der Waals surface area contributed by atoms with Crippen LogP contribution in [-0.2, 0) is 6.42 Å². The first-order valence-electron chi connectivity index (χ1n) is 14.4. The van der Waals surface area contributed by atoms with Crippen molar-refractivity contribution in [2.75, 3.05) is 69.7 Å². The minimum Gasteiger partial charge on any atom is -0.369 e. The molecule has 1 aromatic carbocycles. The van der Waals surface area contributed by atoms with Crippen LogP contribution in [0.4, 0.5) is 11.5 Å². The lowest BCUT2D eigenvalue weighted by Crippen LogP contribution is -2.52. The summed E-state index contributed by atoms with van der Waals surface area (Å²) in [6.07, 6.45) is 4.22. The van der Waals surface area contributed by atoms with Crippen molar-refractivity contribution in [3.8, 4) is 6.07 Å². The summed E-state index contributed by atoms with van der Waals surface area (Å²) in [5.41, 5.74) is 4.07. The highest BCUT2D eigenvalue weighted by Crippen LogP contribution is 2.41. The topological polar surface area (TPSA) is 62.5 Å². The molecule has 7 heteroatoms. The summed E-state index contributed by atoms with van der Waals surface area (Å²) in [6.45, 7) is 20.4. The Labute approximate surface area is 231 Å². The highest BCUT2D eigenvalue weighted by Gasteiger charge is 2.40. The molecule has 4 rings (SSSR count). The molecule has 7 nitrogen and oxygen atoms in total. The smallest absolute Gasteiger partial charge is 0.234 e.